The summed E-state index contributed by atoms with van der Waals surface area (Å²) >= 11 is 0. The van der Waals surface area contributed by atoms with Gasteiger partial charge in [-0.1, -0.05) is 0 Å². The van der Waals surface area contributed by atoms with E-state index in [-0.39, 0.29) is 43.6 Å². The van der Waals surface area contributed by atoms with E-state index in [4.69, 9.17) is 4.74 Å². The molecule has 9 heteroatoms. The zero-order chi connectivity index (χ0) is 23.8. The summed E-state index contributed by atoms with van der Waals surface area (Å²) in [6, 6.07) is 3.04. The number of aryl methyl sites for hydroxylation is 1. The monoisotopic (exact) mass is 447 g/mol. The smallest absolute Gasteiger partial charge is 0.407 e. The van der Waals surface area contributed by atoms with Crippen LogP contribution < -0.4 is 9.64 Å². The molecule has 1 aromatic carbocycles. The fourth-order valence-corrected chi connectivity index (χ4v) is 4.58. The summed E-state index contributed by atoms with van der Waals surface area (Å²) in [5, 5.41) is 18.9. The first-order valence-electron chi connectivity index (χ1n) is 11.0. The third-order valence-corrected chi connectivity index (χ3v) is 6.13. The Labute approximate surface area is 188 Å². The molecule has 1 saturated heterocycles. The highest BCUT2D eigenvalue weighted by molar-refractivity contribution is 6.05. The number of hydrogen-bond donors (Lipinski definition) is 2. The fraction of sp³-hybridized carbons (Fsp3) is 0.609. The third kappa shape index (κ3) is 4.39. The number of hydrogen-bond acceptors (Lipinski definition) is 5. The molecule has 32 heavy (non-hydrogen) atoms. The van der Waals surface area contributed by atoms with Gasteiger partial charge in [0.1, 0.15) is 5.75 Å². The molecule has 2 N–H and O–H groups in total. The number of piperidine rings is 1. The van der Waals surface area contributed by atoms with E-state index in [9.17, 15) is 24.6 Å². The summed E-state index contributed by atoms with van der Waals surface area (Å²) in [7, 11) is 0. The number of likely N-dealkylation sites (tertiary alicyclic amines) is 1. The molecule has 1 fully saturated rings. The van der Waals surface area contributed by atoms with Crippen molar-refractivity contribution in [1.29, 1.82) is 0 Å². The molecule has 0 aromatic heterocycles. The molecule has 0 saturated carbocycles. The van der Waals surface area contributed by atoms with E-state index in [2.05, 4.69) is 0 Å². The minimum absolute atomic E-state index is 0.0966. The molecule has 2 aliphatic rings. The molecule has 176 valence electrons. The Balaban J connectivity index is 2.00. The van der Waals surface area contributed by atoms with Gasteiger partial charge in [-0.05, 0) is 65.2 Å². The summed E-state index contributed by atoms with van der Waals surface area (Å²) in [5.41, 5.74) is 0.520. The van der Waals surface area contributed by atoms with Gasteiger partial charge in [-0.25, -0.2) is 4.79 Å². The summed E-state index contributed by atoms with van der Waals surface area (Å²) in [6.45, 7) is 9.62. The Morgan fingerprint density at radius 2 is 2.00 bits per heavy atom. The van der Waals surface area contributed by atoms with Crippen LogP contribution >= 0.6 is 0 Å². The van der Waals surface area contributed by atoms with Crippen molar-refractivity contribution in [3.8, 4) is 5.75 Å². The molecule has 0 radical (unpaired) electrons. The average Bonchev–Trinajstić information content (AvgIpc) is 2.71. The zero-order valence-corrected chi connectivity index (χ0v) is 19.4. The number of amides is 3. The maximum absolute atomic E-state index is 13.7. The molecule has 1 atom stereocenters. The minimum atomic E-state index is -1.08. The molecule has 2 aliphatic heterocycles. The Morgan fingerprint density at radius 1 is 1.31 bits per heavy atom. The lowest BCUT2D eigenvalue weighted by atomic mass is 9.97. The first kappa shape index (κ1) is 23.8. The Morgan fingerprint density at radius 3 is 2.59 bits per heavy atom. The number of ether oxygens (including phenoxy) is 1. The van der Waals surface area contributed by atoms with Gasteiger partial charge in [0.15, 0.2) is 5.60 Å². The number of anilines is 1. The number of fused-ring (bicyclic) bond motifs is 1. The molecule has 9 nitrogen and oxygen atoms in total. The van der Waals surface area contributed by atoms with Gasteiger partial charge in [-0.3, -0.25) is 9.59 Å². The highest BCUT2D eigenvalue weighted by atomic mass is 16.5. The molecule has 3 amide bonds. The van der Waals surface area contributed by atoms with Gasteiger partial charge >= 0.3 is 6.09 Å². The minimum Gasteiger partial charge on any atom is -0.476 e. The van der Waals surface area contributed by atoms with E-state index in [0.29, 0.717) is 35.5 Å². The van der Waals surface area contributed by atoms with Crippen molar-refractivity contribution in [2.24, 2.45) is 0 Å². The molecular weight excluding hydrogens is 414 g/mol. The Hall–Kier alpha value is -2.81. The standard InChI is InChI=1S/C23H33N3O6/c1-14(2)26(16-7-6-8-24(13-16)22(30)31)20(28)17-12-18-19(11-15(17)3)32-23(4,5)21(29)25(18)9-10-27/h11-12,14,16,27H,6-10,13H2,1-5H3,(H,30,31)/t16-/m1/s1. The molecular formula is C23H33N3O6. The van der Waals surface area contributed by atoms with Crippen molar-refractivity contribution in [3.05, 3.63) is 23.3 Å². The molecule has 0 spiro atoms. The number of benzene rings is 1. The van der Waals surface area contributed by atoms with E-state index in [0.717, 1.165) is 6.42 Å². The molecule has 0 aliphatic carbocycles. The number of carboxylic acid groups (broad SMARTS) is 1. The van der Waals surface area contributed by atoms with Crippen molar-refractivity contribution < 1.29 is 29.3 Å². The number of nitrogens with zero attached hydrogens (tertiary/aromatic N) is 3. The topological polar surface area (TPSA) is 111 Å². The number of aliphatic hydroxyl groups excluding tert-OH is 1. The second-order valence-electron chi connectivity index (χ2n) is 9.26. The summed E-state index contributed by atoms with van der Waals surface area (Å²) < 4.78 is 5.92. The first-order chi connectivity index (χ1) is 15.0. The third-order valence-electron chi connectivity index (χ3n) is 6.13. The second kappa shape index (κ2) is 8.97. The molecule has 0 unspecified atom stereocenters. The van der Waals surface area contributed by atoms with Crippen molar-refractivity contribution in [2.45, 2.75) is 65.1 Å². The van der Waals surface area contributed by atoms with Crippen LogP contribution in [0.25, 0.3) is 0 Å². The van der Waals surface area contributed by atoms with Crippen molar-refractivity contribution in [1.82, 2.24) is 9.80 Å². The molecule has 3 rings (SSSR count). The number of carbonyl (C=O) groups is 3. The van der Waals surface area contributed by atoms with E-state index < -0.39 is 11.7 Å². The van der Waals surface area contributed by atoms with Crippen molar-refractivity contribution in [3.63, 3.8) is 0 Å². The molecule has 1 aromatic rings. The van der Waals surface area contributed by atoms with Crippen LogP contribution in [0.4, 0.5) is 10.5 Å². The van der Waals surface area contributed by atoms with Crippen LogP contribution in [0.2, 0.25) is 0 Å². The van der Waals surface area contributed by atoms with Crippen LogP contribution in [0.5, 0.6) is 5.75 Å². The van der Waals surface area contributed by atoms with Crippen LogP contribution in [0.3, 0.4) is 0 Å². The van der Waals surface area contributed by atoms with Crippen LogP contribution in [0.1, 0.15) is 56.5 Å². The van der Waals surface area contributed by atoms with Crippen LogP contribution in [0, 0.1) is 6.92 Å². The SMILES string of the molecule is Cc1cc2c(cc1C(=O)N(C(C)C)[C@@H]1CCCN(C(=O)O)C1)N(CCO)C(=O)C(C)(C)O2. The van der Waals surface area contributed by atoms with E-state index >= 15 is 0 Å². The maximum atomic E-state index is 13.7. The average molecular weight is 448 g/mol. The van der Waals surface area contributed by atoms with Crippen LogP contribution in [-0.4, -0.2) is 81.8 Å². The van der Waals surface area contributed by atoms with Crippen molar-refractivity contribution in [2.75, 3.05) is 31.1 Å². The summed E-state index contributed by atoms with van der Waals surface area (Å²) in [4.78, 5) is 42.6. The summed E-state index contributed by atoms with van der Waals surface area (Å²) in [6.07, 6.45) is 0.441. The van der Waals surface area contributed by atoms with Crippen molar-refractivity contribution >= 4 is 23.6 Å². The highest BCUT2D eigenvalue weighted by Gasteiger charge is 2.42. The number of β-amino-alcohol motifs (C(OH)–C–C–N with tert-alkyl or cyclic N) is 1. The predicted octanol–water partition coefficient (Wildman–Crippen LogP) is 2.48. The quantitative estimate of drug-likeness (QED) is 0.718. The maximum Gasteiger partial charge on any atom is 0.407 e. The molecule has 0 bridgehead atoms. The Kier molecular flexibility index (Phi) is 6.69. The fourth-order valence-electron chi connectivity index (χ4n) is 4.58. The highest BCUT2D eigenvalue weighted by Crippen LogP contribution is 2.40. The lowest BCUT2D eigenvalue weighted by molar-refractivity contribution is -0.132. The van der Waals surface area contributed by atoms with E-state index in [1.807, 2.05) is 20.8 Å². The largest absolute Gasteiger partial charge is 0.476 e. The van der Waals surface area contributed by atoms with Crippen LogP contribution in [0.15, 0.2) is 12.1 Å². The zero-order valence-electron chi connectivity index (χ0n) is 19.4. The molecule has 2 heterocycles. The first-order valence-corrected chi connectivity index (χ1v) is 11.0. The van der Waals surface area contributed by atoms with Gasteiger partial charge in [-0.2, -0.15) is 0 Å². The van der Waals surface area contributed by atoms with E-state index in [1.165, 1.54) is 9.80 Å². The van der Waals surface area contributed by atoms with Gasteiger partial charge < -0.3 is 29.6 Å². The number of rotatable bonds is 5. The Bertz CT molecular complexity index is 913. The number of carbonyl (C=O) groups excluding carboxylic acids is 2. The van der Waals surface area contributed by atoms with Gasteiger partial charge in [-0.15, -0.1) is 0 Å². The van der Waals surface area contributed by atoms with Crippen LogP contribution in [-0.2, 0) is 4.79 Å². The second-order valence-corrected chi connectivity index (χ2v) is 9.26. The summed E-state index contributed by atoms with van der Waals surface area (Å²) in [5.74, 6) is -0.00640. The van der Waals surface area contributed by atoms with Gasteiger partial charge in [0, 0.05) is 31.2 Å². The van der Waals surface area contributed by atoms with Gasteiger partial charge in [0.05, 0.1) is 18.3 Å². The van der Waals surface area contributed by atoms with Gasteiger partial charge in [0.25, 0.3) is 11.8 Å². The van der Waals surface area contributed by atoms with E-state index in [1.54, 1.807) is 30.9 Å². The van der Waals surface area contributed by atoms with Gasteiger partial charge in [0.2, 0.25) is 0 Å². The predicted molar refractivity (Wildman–Crippen MR) is 119 cm³/mol. The lowest BCUT2D eigenvalue weighted by Gasteiger charge is -2.41. The lowest BCUT2D eigenvalue weighted by Crippen LogP contribution is -2.54. The number of aliphatic hydroxyl groups is 1. The normalized spacial score (nSPS) is 20.1.